The standard InChI is InChI=1S/C19H29N3O4S/c1-6-26-19(25)15-13(3)16(18(24)21(4)5)27-17(15)20-14(23)11-22-9-7-8-12(2)10-22/h12H,6-11H2,1-5H3,(H,20,23)/p+1/t12-/m0/s1. The van der Waals surface area contributed by atoms with Gasteiger partial charge in [-0.05, 0) is 32.3 Å². The third-order valence-corrected chi connectivity index (χ3v) is 5.95. The Kier molecular flexibility index (Phi) is 7.38. The molecule has 1 aromatic heterocycles. The highest BCUT2D eigenvalue weighted by atomic mass is 32.1. The van der Waals surface area contributed by atoms with E-state index in [0.29, 0.717) is 27.9 Å². The molecule has 150 valence electrons. The average Bonchev–Trinajstić information content (AvgIpc) is 2.90. The highest BCUT2D eigenvalue weighted by Gasteiger charge is 2.28. The van der Waals surface area contributed by atoms with Crippen molar-refractivity contribution in [2.75, 3.05) is 45.7 Å². The second-order valence-corrected chi connectivity index (χ2v) is 8.38. The van der Waals surface area contributed by atoms with E-state index in [1.165, 1.54) is 16.2 Å². The van der Waals surface area contributed by atoms with Gasteiger partial charge in [0.05, 0.1) is 30.1 Å². The molecule has 1 saturated heterocycles. The monoisotopic (exact) mass is 396 g/mol. The quantitative estimate of drug-likeness (QED) is 0.708. The normalized spacial score (nSPS) is 19.4. The summed E-state index contributed by atoms with van der Waals surface area (Å²) in [6.07, 6.45) is 2.33. The van der Waals surface area contributed by atoms with Crippen molar-refractivity contribution in [1.82, 2.24) is 4.90 Å². The first-order chi connectivity index (χ1) is 12.7. The van der Waals surface area contributed by atoms with Gasteiger partial charge in [0.2, 0.25) is 0 Å². The van der Waals surface area contributed by atoms with Gasteiger partial charge < -0.3 is 19.9 Å². The Morgan fingerprint density at radius 1 is 1.33 bits per heavy atom. The maximum atomic E-state index is 12.6. The summed E-state index contributed by atoms with van der Waals surface area (Å²) in [4.78, 5) is 40.5. The predicted octanol–water partition coefficient (Wildman–Crippen LogP) is 1.19. The number of carbonyl (C=O) groups is 3. The second-order valence-electron chi connectivity index (χ2n) is 7.36. The predicted molar refractivity (Wildman–Crippen MR) is 106 cm³/mol. The molecule has 2 atom stereocenters. The number of carbonyl (C=O) groups excluding carboxylic acids is 3. The maximum absolute atomic E-state index is 12.6. The molecule has 0 radical (unpaired) electrons. The molecule has 0 spiro atoms. The Morgan fingerprint density at radius 2 is 2.04 bits per heavy atom. The van der Waals surface area contributed by atoms with E-state index < -0.39 is 5.97 Å². The molecule has 27 heavy (non-hydrogen) atoms. The highest BCUT2D eigenvalue weighted by Crippen LogP contribution is 2.34. The van der Waals surface area contributed by atoms with Crippen LogP contribution in [0.25, 0.3) is 0 Å². The van der Waals surface area contributed by atoms with E-state index in [1.54, 1.807) is 27.9 Å². The molecule has 2 amide bonds. The molecule has 2 heterocycles. The number of nitrogens with zero attached hydrogens (tertiary/aromatic N) is 1. The fourth-order valence-corrected chi connectivity index (χ4v) is 4.65. The molecule has 7 nitrogen and oxygen atoms in total. The number of amides is 2. The summed E-state index contributed by atoms with van der Waals surface area (Å²) in [6.45, 7) is 8.20. The van der Waals surface area contributed by atoms with Crippen molar-refractivity contribution in [3.05, 3.63) is 16.0 Å². The first-order valence-corrected chi connectivity index (χ1v) is 10.2. The van der Waals surface area contributed by atoms with Gasteiger partial charge in [0.1, 0.15) is 5.00 Å². The van der Waals surface area contributed by atoms with Crippen molar-refractivity contribution >= 4 is 34.1 Å². The minimum absolute atomic E-state index is 0.144. The lowest BCUT2D eigenvalue weighted by atomic mass is 10.0. The van der Waals surface area contributed by atoms with Gasteiger partial charge in [0, 0.05) is 20.0 Å². The Balaban J connectivity index is 2.22. The van der Waals surface area contributed by atoms with Crippen LogP contribution in [0.4, 0.5) is 5.00 Å². The van der Waals surface area contributed by atoms with Crippen molar-refractivity contribution in [1.29, 1.82) is 0 Å². The van der Waals surface area contributed by atoms with Gasteiger partial charge in [-0.3, -0.25) is 9.59 Å². The minimum Gasteiger partial charge on any atom is -0.462 e. The van der Waals surface area contributed by atoms with Gasteiger partial charge in [0.15, 0.2) is 6.54 Å². The average molecular weight is 397 g/mol. The van der Waals surface area contributed by atoms with Crippen LogP contribution < -0.4 is 10.2 Å². The number of quaternary nitrogens is 1. The smallest absolute Gasteiger partial charge is 0.341 e. The van der Waals surface area contributed by atoms with E-state index in [0.717, 1.165) is 30.8 Å². The van der Waals surface area contributed by atoms with Crippen LogP contribution in [0.15, 0.2) is 0 Å². The first kappa shape index (κ1) is 21.4. The molecule has 1 fully saturated rings. The van der Waals surface area contributed by atoms with E-state index in [9.17, 15) is 14.4 Å². The topological polar surface area (TPSA) is 80.1 Å². The third kappa shape index (κ3) is 5.29. The fourth-order valence-electron chi connectivity index (χ4n) is 3.41. The molecule has 0 saturated carbocycles. The lowest BCUT2D eigenvalue weighted by molar-refractivity contribution is -0.900. The van der Waals surface area contributed by atoms with Crippen molar-refractivity contribution in [2.45, 2.75) is 33.6 Å². The lowest BCUT2D eigenvalue weighted by Gasteiger charge is -2.27. The van der Waals surface area contributed by atoms with Gasteiger partial charge in [0.25, 0.3) is 11.8 Å². The molecule has 0 aromatic carbocycles. The van der Waals surface area contributed by atoms with Crippen LogP contribution in [0.1, 0.15) is 52.3 Å². The summed E-state index contributed by atoms with van der Waals surface area (Å²) < 4.78 is 5.13. The van der Waals surface area contributed by atoms with Gasteiger partial charge in [-0.15, -0.1) is 11.3 Å². The second kappa shape index (κ2) is 9.32. The Morgan fingerprint density at radius 3 is 2.63 bits per heavy atom. The Bertz CT molecular complexity index is 714. The van der Waals surface area contributed by atoms with Crippen LogP contribution in [0.3, 0.4) is 0 Å². The first-order valence-electron chi connectivity index (χ1n) is 9.40. The van der Waals surface area contributed by atoms with E-state index in [1.807, 2.05) is 0 Å². The van der Waals surface area contributed by atoms with Crippen LogP contribution in [0.5, 0.6) is 0 Å². The van der Waals surface area contributed by atoms with Crippen molar-refractivity contribution in [3.8, 4) is 0 Å². The number of hydrogen-bond donors (Lipinski definition) is 2. The number of ether oxygens (including phenoxy) is 1. The molecule has 1 aliphatic rings. The van der Waals surface area contributed by atoms with Gasteiger partial charge in [-0.25, -0.2) is 4.79 Å². The summed E-state index contributed by atoms with van der Waals surface area (Å²) in [5.41, 5.74) is 0.828. The molecule has 1 unspecified atom stereocenters. The molecule has 0 bridgehead atoms. The minimum atomic E-state index is -0.515. The number of nitrogens with one attached hydrogen (secondary N) is 2. The summed E-state index contributed by atoms with van der Waals surface area (Å²) in [6, 6.07) is 0. The van der Waals surface area contributed by atoms with E-state index in [4.69, 9.17) is 4.74 Å². The summed E-state index contributed by atoms with van der Waals surface area (Å²) in [5, 5.41) is 3.25. The van der Waals surface area contributed by atoms with Crippen LogP contribution in [0, 0.1) is 12.8 Å². The fraction of sp³-hybridized carbons (Fsp3) is 0.632. The molecule has 0 aliphatic carbocycles. The molecule has 2 rings (SSSR count). The van der Waals surface area contributed by atoms with Crippen molar-refractivity contribution in [2.24, 2.45) is 5.92 Å². The van der Waals surface area contributed by atoms with Crippen LogP contribution in [-0.4, -0.2) is 63.0 Å². The number of piperidine rings is 1. The van der Waals surface area contributed by atoms with Crippen molar-refractivity contribution in [3.63, 3.8) is 0 Å². The number of thiophene rings is 1. The lowest BCUT2D eigenvalue weighted by Crippen LogP contribution is -3.14. The largest absolute Gasteiger partial charge is 0.462 e. The maximum Gasteiger partial charge on any atom is 0.341 e. The van der Waals surface area contributed by atoms with E-state index in [-0.39, 0.29) is 24.0 Å². The third-order valence-electron chi connectivity index (χ3n) is 4.75. The Hall–Kier alpha value is -1.93. The number of anilines is 1. The molecule has 1 aliphatic heterocycles. The SMILES string of the molecule is CCOC(=O)c1c(NC(=O)C[NH+]2CCC[C@H](C)C2)sc(C(=O)N(C)C)c1C. The number of likely N-dealkylation sites (tertiary alicyclic amines) is 1. The van der Waals surface area contributed by atoms with E-state index in [2.05, 4.69) is 12.2 Å². The Labute approximate surface area is 164 Å². The molecule has 2 N–H and O–H groups in total. The van der Waals surface area contributed by atoms with E-state index >= 15 is 0 Å². The van der Waals surface area contributed by atoms with Gasteiger partial charge in [-0.2, -0.15) is 0 Å². The highest BCUT2D eigenvalue weighted by molar-refractivity contribution is 7.18. The summed E-state index contributed by atoms with van der Waals surface area (Å²) in [5.74, 6) is -0.239. The van der Waals surface area contributed by atoms with Gasteiger partial charge >= 0.3 is 5.97 Å². The van der Waals surface area contributed by atoms with Crippen LogP contribution >= 0.6 is 11.3 Å². The van der Waals surface area contributed by atoms with Crippen LogP contribution in [0.2, 0.25) is 0 Å². The molecule has 8 heteroatoms. The summed E-state index contributed by atoms with van der Waals surface area (Å²) in [7, 11) is 3.31. The zero-order valence-corrected chi connectivity index (χ0v) is 17.6. The molecule has 1 aromatic rings. The number of esters is 1. The summed E-state index contributed by atoms with van der Waals surface area (Å²) >= 11 is 1.13. The number of hydrogen-bond acceptors (Lipinski definition) is 5. The van der Waals surface area contributed by atoms with Crippen LogP contribution in [-0.2, 0) is 9.53 Å². The van der Waals surface area contributed by atoms with Crippen molar-refractivity contribution < 1.29 is 24.0 Å². The molecular weight excluding hydrogens is 366 g/mol. The zero-order chi connectivity index (χ0) is 20.1. The zero-order valence-electron chi connectivity index (χ0n) is 16.8. The number of rotatable bonds is 6. The van der Waals surface area contributed by atoms with Gasteiger partial charge in [-0.1, -0.05) is 6.92 Å². The molecular formula is C19H30N3O4S+.